The number of nitrogens with zero attached hydrogens (tertiary/aromatic N) is 3. The number of pyridine rings is 2. The second kappa shape index (κ2) is 11.5. The molecule has 4 aromatic rings. The summed E-state index contributed by atoms with van der Waals surface area (Å²) in [7, 11) is -0.0756. The summed E-state index contributed by atoms with van der Waals surface area (Å²) in [5.74, 6) is 0.645. The van der Waals surface area contributed by atoms with Gasteiger partial charge >= 0.3 is 0 Å². The molecule has 11 heteroatoms. The predicted octanol–water partition coefficient (Wildman–Crippen LogP) is 5.57. The maximum atomic E-state index is 13.3. The largest absolute Gasteiger partial charge is 0.491 e. The van der Waals surface area contributed by atoms with Gasteiger partial charge in [-0.3, -0.25) is 9.71 Å². The van der Waals surface area contributed by atoms with E-state index in [1.54, 1.807) is 55.6 Å². The predicted molar refractivity (Wildman–Crippen MR) is 146 cm³/mol. The Labute approximate surface area is 226 Å². The number of nitrogens with one attached hydrogen (secondary N) is 1. The smallest absolute Gasteiger partial charge is 0.262 e. The summed E-state index contributed by atoms with van der Waals surface area (Å²) in [6.07, 6.45) is 1.61. The third-order valence-electron chi connectivity index (χ3n) is 5.47. The summed E-state index contributed by atoms with van der Waals surface area (Å²) in [5.41, 5.74) is 2.44. The van der Waals surface area contributed by atoms with Gasteiger partial charge in [-0.05, 0) is 74.6 Å². The molecule has 0 aliphatic carbocycles. The highest BCUT2D eigenvalue weighted by Crippen LogP contribution is 2.32. The van der Waals surface area contributed by atoms with Crippen LogP contribution >= 0.6 is 23.2 Å². The van der Waals surface area contributed by atoms with Gasteiger partial charge in [0.15, 0.2) is 0 Å². The first-order chi connectivity index (χ1) is 17.6. The van der Waals surface area contributed by atoms with Gasteiger partial charge in [0.1, 0.15) is 24.7 Å². The van der Waals surface area contributed by atoms with Crippen LogP contribution in [-0.4, -0.2) is 50.5 Å². The van der Waals surface area contributed by atoms with Gasteiger partial charge in [0.05, 0.1) is 21.0 Å². The maximum Gasteiger partial charge on any atom is 0.262 e. The maximum absolute atomic E-state index is 13.3. The first-order valence-electron chi connectivity index (χ1n) is 11.4. The van der Waals surface area contributed by atoms with Gasteiger partial charge in [-0.15, -0.1) is 0 Å². The van der Waals surface area contributed by atoms with Crippen molar-refractivity contribution in [2.24, 2.45) is 0 Å². The topological polar surface area (TPSA) is 93.7 Å². The number of hydrogen-bond acceptors (Lipinski definition) is 7. The minimum atomic E-state index is -3.99. The highest BCUT2D eigenvalue weighted by molar-refractivity contribution is 7.92. The number of fused-ring (bicyclic) bond motifs is 1. The van der Waals surface area contributed by atoms with Gasteiger partial charge in [0.25, 0.3) is 10.0 Å². The number of benzene rings is 2. The Kier molecular flexibility index (Phi) is 8.39. The quantitative estimate of drug-likeness (QED) is 0.271. The van der Waals surface area contributed by atoms with Crippen molar-refractivity contribution in [1.29, 1.82) is 0 Å². The molecule has 0 radical (unpaired) electrons. The fourth-order valence-electron chi connectivity index (χ4n) is 3.48. The lowest BCUT2D eigenvalue weighted by atomic mass is 10.2. The number of anilines is 1. The second-order valence-electron chi connectivity index (χ2n) is 8.56. The van der Waals surface area contributed by atoms with Crippen LogP contribution < -0.4 is 14.2 Å². The zero-order valence-electron chi connectivity index (χ0n) is 20.5. The Bertz CT molecular complexity index is 1530. The van der Waals surface area contributed by atoms with Crippen molar-refractivity contribution in [2.75, 3.05) is 32.0 Å². The van der Waals surface area contributed by atoms with E-state index in [1.165, 1.54) is 6.07 Å². The highest BCUT2D eigenvalue weighted by Gasteiger charge is 2.21. The molecule has 0 aliphatic rings. The number of ether oxygens (including phenoxy) is 2. The Morgan fingerprint density at radius 2 is 1.78 bits per heavy atom. The van der Waals surface area contributed by atoms with E-state index >= 15 is 0 Å². The molecular formula is C26H26Cl2N4O4S. The van der Waals surface area contributed by atoms with Crippen LogP contribution in [0.25, 0.3) is 11.0 Å². The van der Waals surface area contributed by atoms with Crippen molar-refractivity contribution in [1.82, 2.24) is 14.9 Å². The minimum absolute atomic E-state index is 0.0595. The molecule has 4 rings (SSSR count). The zero-order chi connectivity index (χ0) is 26.6. The lowest BCUT2D eigenvalue weighted by molar-refractivity contribution is 0.260. The van der Waals surface area contributed by atoms with E-state index in [0.29, 0.717) is 39.0 Å². The van der Waals surface area contributed by atoms with E-state index in [-0.39, 0.29) is 23.1 Å². The van der Waals surface area contributed by atoms with Gasteiger partial charge in [-0.2, -0.15) is 0 Å². The first-order valence-corrected chi connectivity index (χ1v) is 13.6. The van der Waals surface area contributed by atoms with E-state index in [1.807, 2.05) is 25.1 Å². The van der Waals surface area contributed by atoms with E-state index < -0.39 is 10.0 Å². The van der Waals surface area contributed by atoms with Crippen molar-refractivity contribution in [2.45, 2.75) is 18.4 Å². The van der Waals surface area contributed by atoms with Crippen LogP contribution in [0.15, 0.2) is 65.7 Å². The molecule has 1 N–H and O–H groups in total. The van der Waals surface area contributed by atoms with Crippen LogP contribution in [0.5, 0.6) is 11.6 Å². The SMILES string of the molecule is Cc1c(Cl)cccc1S(=O)(=O)Nc1cc2ncccc2nc1OCc1ccc(Cl)c(OCCN(C)C)c1. The van der Waals surface area contributed by atoms with Crippen molar-refractivity contribution < 1.29 is 17.9 Å². The summed E-state index contributed by atoms with van der Waals surface area (Å²) in [4.78, 5) is 10.9. The third kappa shape index (κ3) is 6.61. The number of halogens is 2. The molecule has 0 spiro atoms. The van der Waals surface area contributed by atoms with Crippen LogP contribution in [0.1, 0.15) is 11.1 Å². The molecule has 0 saturated carbocycles. The fraction of sp³-hybridized carbons (Fsp3) is 0.231. The van der Waals surface area contributed by atoms with Crippen molar-refractivity contribution in [3.8, 4) is 11.6 Å². The van der Waals surface area contributed by atoms with Crippen molar-refractivity contribution >= 4 is 49.9 Å². The molecule has 0 fully saturated rings. The average molecular weight is 561 g/mol. The summed E-state index contributed by atoms with van der Waals surface area (Å²) in [6.45, 7) is 2.96. The van der Waals surface area contributed by atoms with E-state index in [4.69, 9.17) is 32.7 Å². The average Bonchev–Trinajstić information content (AvgIpc) is 2.85. The van der Waals surface area contributed by atoms with E-state index in [0.717, 1.165) is 12.1 Å². The van der Waals surface area contributed by atoms with Crippen LogP contribution in [0.2, 0.25) is 10.0 Å². The number of hydrogen-bond donors (Lipinski definition) is 1. The normalized spacial score (nSPS) is 11.6. The molecule has 0 atom stereocenters. The monoisotopic (exact) mass is 560 g/mol. The lowest BCUT2D eigenvalue weighted by Crippen LogP contribution is -2.19. The van der Waals surface area contributed by atoms with Crippen LogP contribution in [0.4, 0.5) is 5.69 Å². The zero-order valence-corrected chi connectivity index (χ0v) is 22.9. The molecule has 2 aromatic carbocycles. The number of aromatic nitrogens is 2. The van der Waals surface area contributed by atoms with Crippen LogP contribution in [0, 0.1) is 6.92 Å². The Morgan fingerprint density at radius 1 is 0.973 bits per heavy atom. The second-order valence-corrected chi connectivity index (χ2v) is 11.0. The number of sulfonamides is 1. The Morgan fingerprint density at radius 3 is 2.57 bits per heavy atom. The molecule has 0 aliphatic heterocycles. The van der Waals surface area contributed by atoms with Gasteiger partial charge in [0, 0.05) is 17.8 Å². The Hall–Kier alpha value is -3.11. The molecule has 0 amide bonds. The summed E-state index contributed by atoms with van der Waals surface area (Å²) in [6, 6.07) is 15.1. The van der Waals surface area contributed by atoms with Gasteiger partial charge in [-0.1, -0.05) is 35.3 Å². The molecule has 0 bridgehead atoms. The molecule has 2 aromatic heterocycles. The van der Waals surface area contributed by atoms with Crippen molar-refractivity contribution in [3.05, 3.63) is 82.0 Å². The fourth-order valence-corrected chi connectivity index (χ4v) is 5.20. The lowest BCUT2D eigenvalue weighted by Gasteiger charge is -2.16. The molecular weight excluding hydrogens is 535 g/mol. The van der Waals surface area contributed by atoms with Crippen LogP contribution in [0.3, 0.4) is 0 Å². The molecule has 8 nitrogen and oxygen atoms in total. The molecule has 37 heavy (non-hydrogen) atoms. The molecule has 0 unspecified atom stereocenters. The van der Waals surface area contributed by atoms with Gasteiger partial charge < -0.3 is 14.4 Å². The minimum Gasteiger partial charge on any atom is -0.491 e. The molecule has 194 valence electrons. The van der Waals surface area contributed by atoms with E-state index in [9.17, 15) is 8.42 Å². The third-order valence-corrected chi connectivity index (χ3v) is 7.70. The standard InChI is InChI=1S/C26H26Cl2N4O4S/c1-17-19(27)6-4-8-25(17)37(33,34)31-23-15-22-21(7-5-11-29-22)30-26(23)36-16-18-9-10-20(28)24(14-18)35-13-12-32(2)3/h4-11,14-15,31H,12-13,16H2,1-3H3. The summed E-state index contributed by atoms with van der Waals surface area (Å²) in [5, 5.41) is 0.840. The van der Waals surface area contributed by atoms with Gasteiger partial charge in [0.2, 0.25) is 5.88 Å². The first kappa shape index (κ1) is 26.9. The number of likely N-dealkylation sites (N-methyl/N-ethyl adjacent to an activating group) is 1. The molecule has 0 saturated heterocycles. The van der Waals surface area contributed by atoms with Crippen LogP contribution in [-0.2, 0) is 16.6 Å². The molecule has 2 heterocycles. The van der Waals surface area contributed by atoms with E-state index in [2.05, 4.69) is 14.7 Å². The number of rotatable bonds is 10. The Balaban J connectivity index is 1.62. The summed E-state index contributed by atoms with van der Waals surface area (Å²) >= 11 is 12.4. The van der Waals surface area contributed by atoms with Crippen molar-refractivity contribution in [3.63, 3.8) is 0 Å². The van der Waals surface area contributed by atoms with Gasteiger partial charge in [-0.25, -0.2) is 13.4 Å². The summed E-state index contributed by atoms with van der Waals surface area (Å²) < 4.78 is 40.9. The highest BCUT2D eigenvalue weighted by atomic mass is 35.5.